The van der Waals surface area contributed by atoms with Gasteiger partial charge >= 0.3 is 0 Å². The van der Waals surface area contributed by atoms with Crippen LogP contribution in [-0.2, 0) is 4.84 Å². The fourth-order valence-electron chi connectivity index (χ4n) is 0.797. The molecule has 1 aliphatic rings. The van der Waals surface area contributed by atoms with Gasteiger partial charge in [-0.05, 0) is 33.3 Å². The Labute approximate surface area is 55.9 Å². The first kappa shape index (κ1) is 6.62. The number of nitrogens with one attached hydrogen (secondary N) is 1. The summed E-state index contributed by atoms with van der Waals surface area (Å²) >= 11 is 0. The number of hydroxylamine groups is 1. The van der Waals surface area contributed by atoms with E-state index in [1.165, 1.54) is 5.57 Å². The lowest BCUT2D eigenvalue weighted by Crippen LogP contribution is -2.33. The van der Waals surface area contributed by atoms with Crippen molar-refractivity contribution in [3.63, 3.8) is 0 Å². The molecule has 0 fully saturated rings. The van der Waals surface area contributed by atoms with E-state index in [0.717, 1.165) is 5.76 Å². The summed E-state index contributed by atoms with van der Waals surface area (Å²) in [5, 5.41) is 0. The Kier molecular flexibility index (Phi) is 1.28. The normalized spacial score (nSPS) is 24.4. The van der Waals surface area contributed by atoms with E-state index in [1.54, 1.807) is 0 Å². The Bertz CT molecular complexity index is 158. The predicted octanol–water partition coefficient (Wildman–Crippen LogP) is 1.59. The first-order valence-corrected chi connectivity index (χ1v) is 3.16. The van der Waals surface area contributed by atoms with Crippen LogP contribution in [-0.4, -0.2) is 5.54 Å². The molecule has 52 valence electrons. The standard InChI is InChI=1S/C7H13NO/c1-5-6(2)9-8-7(5,3)4/h8H,1-4H3. The monoisotopic (exact) mass is 127 g/mol. The van der Waals surface area contributed by atoms with Crippen LogP contribution in [0.5, 0.6) is 0 Å². The summed E-state index contributed by atoms with van der Waals surface area (Å²) in [4.78, 5) is 5.11. The highest BCUT2D eigenvalue weighted by atomic mass is 16.7. The maximum atomic E-state index is 5.11. The van der Waals surface area contributed by atoms with Crippen molar-refractivity contribution in [3.8, 4) is 0 Å². The Morgan fingerprint density at radius 2 is 1.89 bits per heavy atom. The fraction of sp³-hybridized carbons (Fsp3) is 0.714. The van der Waals surface area contributed by atoms with Crippen molar-refractivity contribution in [3.05, 3.63) is 11.3 Å². The smallest absolute Gasteiger partial charge is 0.122 e. The Morgan fingerprint density at radius 1 is 1.33 bits per heavy atom. The molecule has 0 spiro atoms. The number of hydrogen-bond acceptors (Lipinski definition) is 2. The van der Waals surface area contributed by atoms with Crippen LogP contribution in [0.2, 0.25) is 0 Å². The van der Waals surface area contributed by atoms with Gasteiger partial charge in [0.2, 0.25) is 0 Å². The fourth-order valence-corrected chi connectivity index (χ4v) is 0.797. The zero-order valence-electron chi connectivity index (χ0n) is 6.41. The third-order valence-corrected chi connectivity index (χ3v) is 1.92. The molecule has 9 heavy (non-hydrogen) atoms. The lowest BCUT2D eigenvalue weighted by molar-refractivity contribution is 0.0917. The summed E-state index contributed by atoms with van der Waals surface area (Å²) in [6.45, 7) is 8.24. The molecule has 0 bridgehead atoms. The highest BCUT2D eigenvalue weighted by molar-refractivity contribution is 5.20. The van der Waals surface area contributed by atoms with Crippen molar-refractivity contribution < 1.29 is 4.84 Å². The molecule has 1 rings (SSSR count). The molecule has 0 aromatic heterocycles. The summed E-state index contributed by atoms with van der Waals surface area (Å²) in [5.74, 6) is 1.00. The van der Waals surface area contributed by atoms with Gasteiger partial charge in [0.1, 0.15) is 5.76 Å². The molecular weight excluding hydrogens is 114 g/mol. The summed E-state index contributed by atoms with van der Waals surface area (Å²) < 4.78 is 0. The van der Waals surface area contributed by atoms with Gasteiger partial charge in [0.15, 0.2) is 0 Å². The SMILES string of the molecule is CC1=C(C)C(C)(C)NO1. The molecule has 0 atom stereocenters. The maximum Gasteiger partial charge on any atom is 0.122 e. The summed E-state index contributed by atoms with van der Waals surface area (Å²) in [6, 6.07) is 0. The summed E-state index contributed by atoms with van der Waals surface area (Å²) in [6.07, 6.45) is 0. The van der Waals surface area contributed by atoms with Crippen molar-refractivity contribution in [2.45, 2.75) is 33.2 Å². The van der Waals surface area contributed by atoms with Gasteiger partial charge in [0, 0.05) is 0 Å². The Hall–Kier alpha value is -0.500. The van der Waals surface area contributed by atoms with Gasteiger partial charge in [-0.25, -0.2) is 0 Å². The van der Waals surface area contributed by atoms with Crippen molar-refractivity contribution in [1.29, 1.82) is 0 Å². The van der Waals surface area contributed by atoms with Gasteiger partial charge < -0.3 is 4.84 Å². The van der Waals surface area contributed by atoms with Crippen molar-refractivity contribution in [1.82, 2.24) is 5.48 Å². The van der Waals surface area contributed by atoms with Crippen LogP contribution in [0, 0.1) is 0 Å². The van der Waals surface area contributed by atoms with E-state index in [0.29, 0.717) is 0 Å². The molecule has 0 saturated heterocycles. The summed E-state index contributed by atoms with van der Waals surface area (Å²) in [7, 11) is 0. The van der Waals surface area contributed by atoms with Crippen molar-refractivity contribution in [2.75, 3.05) is 0 Å². The molecule has 0 aromatic carbocycles. The first-order valence-electron chi connectivity index (χ1n) is 3.16. The lowest BCUT2D eigenvalue weighted by Gasteiger charge is -2.16. The van der Waals surface area contributed by atoms with Crippen molar-refractivity contribution >= 4 is 0 Å². The van der Waals surface area contributed by atoms with E-state index in [4.69, 9.17) is 4.84 Å². The average molecular weight is 127 g/mol. The molecule has 0 unspecified atom stereocenters. The van der Waals surface area contributed by atoms with Crippen LogP contribution in [0.1, 0.15) is 27.7 Å². The van der Waals surface area contributed by atoms with Crippen LogP contribution in [0.25, 0.3) is 0 Å². The largest absolute Gasteiger partial charge is 0.413 e. The average Bonchev–Trinajstić information content (AvgIpc) is 1.97. The van der Waals surface area contributed by atoms with E-state index < -0.39 is 0 Å². The minimum absolute atomic E-state index is 0.0318. The minimum atomic E-state index is 0.0318. The highest BCUT2D eigenvalue weighted by Crippen LogP contribution is 2.25. The van der Waals surface area contributed by atoms with E-state index in [2.05, 4.69) is 26.3 Å². The second kappa shape index (κ2) is 1.74. The maximum absolute atomic E-state index is 5.11. The van der Waals surface area contributed by atoms with Crippen LogP contribution < -0.4 is 5.48 Å². The third-order valence-electron chi connectivity index (χ3n) is 1.92. The molecule has 0 aliphatic carbocycles. The zero-order valence-corrected chi connectivity index (χ0v) is 6.41. The second-order valence-corrected chi connectivity index (χ2v) is 3.01. The molecule has 0 saturated carbocycles. The summed E-state index contributed by atoms with van der Waals surface area (Å²) in [5.41, 5.74) is 4.23. The molecule has 0 aromatic rings. The van der Waals surface area contributed by atoms with Crippen molar-refractivity contribution in [2.24, 2.45) is 0 Å². The van der Waals surface area contributed by atoms with Crippen LogP contribution in [0.15, 0.2) is 11.3 Å². The molecular formula is C7H13NO. The lowest BCUT2D eigenvalue weighted by atomic mass is 9.97. The van der Waals surface area contributed by atoms with E-state index in [-0.39, 0.29) is 5.54 Å². The minimum Gasteiger partial charge on any atom is -0.413 e. The zero-order chi connectivity index (χ0) is 7.07. The Morgan fingerprint density at radius 3 is 2.00 bits per heavy atom. The van der Waals surface area contributed by atoms with E-state index >= 15 is 0 Å². The van der Waals surface area contributed by atoms with Crippen LogP contribution in [0.3, 0.4) is 0 Å². The van der Waals surface area contributed by atoms with Gasteiger partial charge in [-0.15, -0.1) is 5.48 Å². The van der Waals surface area contributed by atoms with E-state index in [1.807, 2.05) is 6.92 Å². The molecule has 1 heterocycles. The van der Waals surface area contributed by atoms with Gasteiger partial charge in [-0.2, -0.15) is 0 Å². The van der Waals surface area contributed by atoms with Crippen LogP contribution in [0.4, 0.5) is 0 Å². The van der Waals surface area contributed by atoms with Crippen LogP contribution >= 0.6 is 0 Å². The molecule has 2 heteroatoms. The third kappa shape index (κ3) is 0.944. The van der Waals surface area contributed by atoms with Gasteiger partial charge in [0.25, 0.3) is 0 Å². The molecule has 1 aliphatic heterocycles. The van der Waals surface area contributed by atoms with E-state index in [9.17, 15) is 0 Å². The quantitative estimate of drug-likeness (QED) is 0.533. The number of hydrogen-bond donors (Lipinski definition) is 1. The predicted molar refractivity (Wildman–Crippen MR) is 36.7 cm³/mol. The van der Waals surface area contributed by atoms with Gasteiger partial charge in [-0.1, -0.05) is 0 Å². The molecule has 1 N–H and O–H groups in total. The highest BCUT2D eigenvalue weighted by Gasteiger charge is 2.28. The number of allylic oxidation sites excluding steroid dienone is 1. The topological polar surface area (TPSA) is 21.3 Å². The molecule has 0 radical (unpaired) electrons. The number of rotatable bonds is 0. The van der Waals surface area contributed by atoms with Gasteiger partial charge in [-0.3, -0.25) is 0 Å². The second-order valence-electron chi connectivity index (χ2n) is 3.01. The molecule has 2 nitrogen and oxygen atoms in total. The van der Waals surface area contributed by atoms with Gasteiger partial charge in [0.05, 0.1) is 5.54 Å². The molecule has 0 amide bonds. The Balaban J connectivity index is 2.88. The first-order chi connectivity index (χ1) is 4.04.